The zero-order valence-corrected chi connectivity index (χ0v) is 13.8. The first-order valence-electron chi connectivity index (χ1n) is 7.04. The Morgan fingerprint density at radius 1 is 1.48 bits per heavy atom. The molecule has 0 aliphatic rings. The van der Waals surface area contributed by atoms with Gasteiger partial charge in [0.1, 0.15) is 6.07 Å². The summed E-state index contributed by atoms with van der Waals surface area (Å²) in [5.41, 5.74) is 9.13. The van der Waals surface area contributed by atoms with Crippen LogP contribution in [0.25, 0.3) is 16.2 Å². The molecule has 0 unspecified atom stereocenters. The number of amidine groups is 1. The monoisotopic (exact) mass is 352 g/mol. The Bertz CT molecular complexity index is 1100. The molecule has 9 nitrogen and oxygen atoms in total. The molecule has 124 valence electrons. The van der Waals surface area contributed by atoms with Gasteiger partial charge in [0.15, 0.2) is 11.5 Å². The van der Waals surface area contributed by atoms with E-state index in [0.717, 1.165) is 5.69 Å². The molecule has 0 saturated heterocycles. The zero-order valence-electron chi connectivity index (χ0n) is 13.0. The van der Waals surface area contributed by atoms with Crippen LogP contribution in [0.3, 0.4) is 0 Å². The van der Waals surface area contributed by atoms with Gasteiger partial charge in [0, 0.05) is 10.9 Å². The molecule has 4 N–H and O–H groups in total. The predicted octanol–water partition coefficient (Wildman–Crippen LogP) is 1.35. The van der Waals surface area contributed by atoms with Crippen molar-refractivity contribution in [2.24, 2.45) is 10.8 Å². The van der Waals surface area contributed by atoms with Crippen molar-refractivity contribution in [3.8, 4) is 17.3 Å². The van der Waals surface area contributed by atoms with E-state index < -0.39 is 11.4 Å². The van der Waals surface area contributed by atoms with Crippen LogP contribution in [0.5, 0.6) is 0 Å². The molecule has 10 heteroatoms. The zero-order chi connectivity index (χ0) is 18.0. The lowest BCUT2D eigenvalue weighted by molar-refractivity contribution is 0.874. The maximum atomic E-state index is 12.3. The normalized spacial score (nSPS) is 11.3. The average Bonchev–Trinajstić information content (AvgIpc) is 2.95. The minimum Gasteiger partial charge on any atom is -0.382 e. The lowest BCUT2D eigenvalue weighted by Gasteiger charge is -2.08. The van der Waals surface area contributed by atoms with Crippen LogP contribution in [0.15, 0.2) is 39.5 Å². The lowest BCUT2D eigenvalue weighted by Crippen LogP contribution is -2.22. The number of aromatic nitrogens is 3. The van der Waals surface area contributed by atoms with E-state index in [1.54, 1.807) is 34.9 Å². The molecule has 0 aliphatic heterocycles. The van der Waals surface area contributed by atoms with Crippen molar-refractivity contribution >= 4 is 33.5 Å². The first kappa shape index (κ1) is 16.3. The molecule has 0 spiro atoms. The average molecular weight is 352 g/mol. The minimum absolute atomic E-state index is 0.152. The first-order chi connectivity index (χ1) is 12.0. The third-order valence-corrected chi connectivity index (χ3v) is 4.22. The van der Waals surface area contributed by atoms with E-state index in [-0.39, 0.29) is 11.4 Å². The standard InChI is InChI=1S/C15H12N8OS/c1-8-7-25-15-19-14(24)12(22-23(8)15)9-4-2-3-5-10(9)20-21-11(6-16)13(17)18/h2-5,7,20H,1H3,(H3,17,18)/b21-11+. The number of benzene rings is 1. The van der Waals surface area contributed by atoms with Crippen molar-refractivity contribution in [3.63, 3.8) is 0 Å². The molecule has 0 atom stereocenters. The summed E-state index contributed by atoms with van der Waals surface area (Å²) in [4.78, 5) is 16.9. The van der Waals surface area contributed by atoms with Gasteiger partial charge in [-0.05, 0) is 13.0 Å². The Morgan fingerprint density at radius 3 is 2.96 bits per heavy atom. The topological polar surface area (TPSA) is 145 Å². The minimum atomic E-state index is -0.466. The van der Waals surface area contributed by atoms with Gasteiger partial charge in [-0.25, -0.2) is 4.52 Å². The van der Waals surface area contributed by atoms with Gasteiger partial charge in [0.05, 0.1) is 11.4 Å². The van der Waals surface area contributed by atoms with Gasteiger partial charge in [-0.3, -0.25) is 15.6 Å². The summed E-state index contributed by atoms with van der Waals surface area (Å²) in [5, 5.41) is 26.2. The summed E-state index contributed by atoms with van der Waals surface area (Å²) >= 11 is 1.33. The maximum absolute atomic E-state index is 12.3. The Balaban J connectivity index is 2.12. The van der Waals surface area contributed by atoms with Crippen molar-refractivity contribution < 1.29 is 0 Å². The predicted molar refractivity (Wildman–Crippen MR) is 95.9 cm³/mol. The number of rotatable bonds is 4. The molecule has 3 rings (SSSR count). The molecule has 0 amide bonds. The molecule has 25 heavy (non-hydrogen) atoms. The number of aryl methyl sites for hydroxylation is 1. The maximum Gasteiger partial charge on any atom is 0.300 e. The van der Waals surface area contributed by atoms with Crippen molar-refractivity contribution in [2.45, 2.75) is 6.92 Å². The second-order valence-electron chi connectivity index (χ2n) is 4.98. The largest absolute Gasteiger partial charge is 0.382 e. The quantitative estimate of drug-likeness (QED) is 0.367. The van der Waals surface area contributed by atoms with Crippen LogP contribution >= 0.6 is 11.3 Å². The fourth-order valence-corrected chi connectivity index (χ4v) is 2.88. The van der Waals surface area contributed by atoms with Gasteiger partial charge in [-0.15, -0.1) is 11.3 Å². The van der Waals surface area contributed by atoms with Crippen molar-refractivity contribution in [1.29, 1.82) is 10.7 Å². The molecule has 1 aromatic carbocycles. The second kappa shape index (κ2) is 6.50. The molecule has 0 bridgehead atoms. The van der Waals surface area contributed by atoms with Gasteiger partial charge < -0.3 is 5.73 Å². The smallest absolute Gasteiger partial charge is 0.300 e. The Labute approximate surface area is 145 Å². The van der Waals surface area contributed by atoms with Crippen LogP contribution in [-0.4, -0.2) is 26.1 Å². The number of anilines is 1. The van der Waals surface area contributed by atoms with Crippen LogP contribution in [0, 0.1) is 23.7 Å². The summed E-state index contributed by atoms with van der Waals surface area (Å²) in [6.45, 7) is 1.87. The fourth-order valence-electron chi connectivity index (χ4n) is 2.08. The molecule has 2 aromatic heterocycles. The van der Waals surface area contributed by atoms with Crippen LogP contribution in [-0.2, 0) is 0 Å². The summed E-state index contributed by atoms with van der Waals surface area (Å²) in [7, 11) is 0. The molecule has 0 radical (unpaired) electrons. The number of hydrogen-bond acceptors (Lipinski definition) is 8. The molecular weight excluding hydrogens is 340 g/mol. The first-order valence-corrected chi connectivity index (χ1v) is 7.92. The molecule has 3 aromatic rings. The number of fused-ring (bicyclic) bond motifs is 1. The summed E-state index contributed by atoms with van der Waals surface area (Å²) in [6, 6.07) is 8.56. The molecule has 2 heterocycles. The third-order valence-electron chi connectivity index (χ3n) is 3.28. The van der Waals surface area contributed by atoms with Gasteiger partial charge >= 0.3 is 5.56 Å². The van der Waals surface area contributed by atoms with E-state index in [0.29, 0.717) is 16.2 Å². The van der Waals surface area contributed by atoms with Crippen molar-refractivity contribution in [3.05, 3.63) is 45.7 Å². The highest BCUT2D eigenvalue weighted by Crippen LogP contribution is 2.24. The number of hydrazone groups is 1. The van der Waals surface area contributed by atoms with Crippen LogP contribution in [0.4, 0.5) is 5.69 Å². The second-order valence-corrected chi connectivity index (χ2v) is 5.82. The highest BCUT2D eigenvalue weighted by molar-refractivity contribution is 7.15. The van der Waals surface area contributed by atoms with Crippen molar-refractivity contribution in [1.82, 2.24) is 14.6 Å². The van der Waals surface area contributed by atoms with Crippen LogP contribution in [0.1, 0.15) is 5.69 Å². The van der Waals surface area contributed by atoms with E-state index in [2.05, 4.69) is 20.6 Å². The van der Waals surface area contributed by atoms with E-state index >= 15 is 0 Å². The summed E-state index contributed by atoms with van der Waals surface area (Å²) < 4.78 is 1.59. The van der Waals surface area contributed by atoms with Gasteiger partial charge in [0.2, 0.25) is 10.7 Å². The van der Waals surface area contributed by atoms with Crippen LogP contribution < -0.4 is 16.7 Å². The molecule has 0 saturated carbocycles. The van der Waals surface area contributed by atoms with E-state index in [1.165, 1.54) is 11.3 Å². The molecular formula is C15H12N8OS. The number of thiazole rings is 1. The number of nitrogens with zero attached hydrogens (tertiary/aromatic N) is 5. The van der Waals surface area contributed by atoms with Gasteiger partial charge in [0.25, 0.3) is 0 Å². The number of para-hydroxylation sites is 1. The Morgan fingerprint density at radius 2 is 2.24 bits per heavy atom. The fraction of sp³-hybridized carbons (Fsp3) is 0.0667. The Kier molecular flexibility index (Phi) is 4.23. The number of nitrogens with one attached hydrogen (secondary N) is 2. The number of nitriles is 1. The van der Waals surface area contributed by atoms with Crippen LogP contribution in [0.2, 0.25) is 0 Å². The van der Waals surface area contributed by atoms with Gasteiger partial charge in [-0.2, -0.15) is 20.4 Å². The van der Waals surface area contributed by atoms with E-state index in [9.17, 15) is 4.79 Å². The van der Waals surface area contributed by atoms with Crippen molar-refractivity contribution in [2.75, 3.05) is 5.43 Å². The highest BCUT2D eigenvalue weighted by Gasteiger charge is 2.14. The number of hydrogen-bond donors (Lipinski definition) is 3. The summed E-state index contributed by atoms with van der Waals surface area (Å²) in [5.74, 6) is -0.456. The third kappa shape index (κ3) is 3.08. The van der Waals surface area contributed by atoms with E-state index in [4.69, 9.17) is 16.4 Å². The highest BCUT2D eigenvalue weighted by atomic mass is 32.1. The molecule has 0 aliphatic carbocycles. The lowest BCUT2D eigenvalue weighted by atomic mass is 10.1. The van der Waals surface area contributed by atoms with Gasteiger partial charge in [-0.1, -0.05) is 18.2 Å². The number of nitrogens with two attached hydrogens (primary N) is 1. The van der Waals surface area contributed by atoms with E-state index in [1.807, 2.05) is 12.3 Å². The Hall–Kier alpha value is -3.58. The molecule has 0 fully saturated rings. The summed E-state index contributed by atoms with van der Waals surface area (Å²) in [6.07, 6.45) is 0. The SMILES string of the molecule is Cc1csc2nc(=O)c(-c3ccccc3N/N=C(\C#N)C(=N)N)nn12.